The SMILES string of the molecule is Cc1ccccc1C(=S)c1ccc(S)cc1. The Bertz CT molecular complexity index is 513. The molecule has 16 heavy (non-hydrogen) atoms. The Morgan fingerprint density at radius 1 is 1.00 bits per heavy atom. The molecule has 0 nitrogen and oxygen atoms in total. The summed E-state index contributed by atoms with van der Waals surface area (Å²) >= 11 is 9.76. The van der Waals surface area contributed by atoms with Gasteiger partial charge in [0.15, 0.2) is 0 Å². The van der Waals surface area contributed by atoms with Gasteiger partial charge in [-0.2, -0.15) is 0 Å². The fourth-order valence-electron chi connectivity index (χ4n) is 1.60. The molecule has 0 fully saturated rings. The fourth-order valence-corrected chi connectivity index (χ4v) is 2.11. The fraction of sp³-hybridized carbons (Fsp3) is 0.0714. The van der Waals surface area contributed by atoms with E-state index in [2.05, 4.69) is 31.7 Å². The zero-order valence-electron chi connectivity index (χ0n) is 8.97. The van der Waals surface area contributed by atoms with Crippen molar-refractivity contribution in [1.82, 2.24) is 0 Å². The van der Waals surface area contributed by atoms with Gasteiger partial charge in [0, 0.05) is 4.90 Å². The molecule has 0 radical (unpaired) electrons. The van der Waals surface area contributed by atoms with Crippen molar-refractivity contribution < 1.29 is 0 Å². The second-order valence-corrected chi connectivity index (χ2v) is 4.62. The second-order valence-electron chi connectivity index (χ2n) is 3.69. The Balaban J connectivity index is 2.40. The van der Waals surface area contributed by atoms with Crippen molar-refractivity contribution in [2.24, 2.45) is 0 Å². The highest BCUT2D eigenvalue weighted by Crippen LogP contribution is 2.16. The number of benzene rings is 2. The van der Waals surface area contributed by atoms with Gasteiger partial charge in [-0.15, -0.1) is 12.6 Å². The standard InChI is InChI=1S/C14H12S2/c1-10-4-2-3-5-13(10)14(16)11-6-8-12(15)9-7-11/h2-9,15H,1H3. The number of rotatable bonds is 2. The number of aryl methyl sites for hydroxylation is 1. The lowest BCUT2D eigenvalue weighted by Crippen LogP contribution is -2.01. The van der Waals surface area contributed by atoms with Gasteiger partial charge in [-0.05, 0) is 35.7 Å². The van der Waals surface area contributed by atoms with Crippen LogP contribution in [0.5, 0.6) is 0 Å². The third kappa shape index (κ3) is 2.34. The topological polar surface area (TPSA) is 0 Å². The van der Waals surface area contributed by atoms with Gasteiger partial charge in [0.1, 0.15) is 0 Å². The summed E-state index contributed by atoms with van der Waals surface area (Å²) in [6.07, 6.45) is 0. The summed E-state index contributed by atoms with van der Waals surface area (Å²) in [6, 6.07) is 16.1. The maximum Gasteiger partial charge on any atom is 0.0524 e. The van der Waals surface area contributed by atoms with E-state index in [4.69, 9.17) is 12.2 Å². The molecular weight excluding hydrogens is 232 g/mol. The molecule has 2 rings (SSSR count). The molecule has 0 atom stereocenters. The summed E-state index contributed by atoms with van der Waals surface area (Å²) in [5, 5.41) is 0. The first-order valence-corrected chi connectivity index (χ1v) is 5.93. The third-order valence-corrected chi connectivity index (χ3v) is 3.27. The lowest BCUT2D eigenvalue weighted by Gasteiger charge is -2.07. The number of thiocarbonyl (C=S) groups is 1. The first-order valence-electron chi connectivity index (χ1n) is 5.08. The average Bonchev–Trinajstić information content (AvgIpc) is 2.30. The van der Waals surface area contributed by atoms with Crippen molar-refractivity contribution in [2.45, 2.75) is 11.8 Å². The van der Waals surface area contributed by atoms with Crippen LogP contribution in [0.4, 0.5) is 0 Å². The van der Waals surface area contributed by atoms with Crippen LogP contribution in [0.15, 0.2) is 53.4 Å². The van der Waals surface area contributed by atoms with Gasteiger partial charge in [-0.25, -0.2) is 0 Å². The first kappa shape index (κ1) is 11.4. The monoisotopic (exact) mass is 244 g/mol. The minimum atomic E-state index is 0.895. The van der Waals surface area contributed by atoms with Crippen LogP contribution in [0.1, 0.15) is 16.7 Å². The van der Waals surface area contributed by atoms with Crippen LogP contribution in [-0.2, 0) is 0 Å². The Morgan fingerprint density at radius 3 is 2.25 bits per heavy atom. The molecule has 0 bridgehead atoms. The largest absolute Gasteiger partial charge is 0.143 e. The Hall–Kier alpha value is -1.12. The average molecular weight is 244 g/mol. The highest BCUT2D eigenvalue weighted by molar-refractivity contribution is 7.81. The van der Waals surface area contributed by atoms with Gasteiger partial charge >= 0.3 is 0 Å². The van der Waals surface area contributed by atoms with E-state index in [-0.39, 0.29) is 0 Å². The van der Waals surface area contributed by atoms with Crippen LogP contribution in [-0.4, -0.2) is 4.86 Å². The first-order chi connectivity index (χ1) is 7.68. The molecule has 0 spiro atoms. The molecule has 0 saturated carbocycles. The summed E-state index contributed by atoms with van der Waals surface area (Å²) in [4.78, 5) is 1.85. The predicted octanol–water partition coefficient (Wildman–Crippen LogP) is 4.05. The highest BCUT2D eigenvalue weighted by Gasteiger charge is 2.06. The molecule has 2 aromatic rings. The number of thiol groups is 1. The molecule has 0 saturated heterocycles. The summed E-state index contributed by atoms with van der Waals surface area (Å²) < 4.78 is 0. The third-order valence-electron chi connectivity index (χ3n) is 2.52. The van der Waals surface area contributed by atoms with Crippen LogP contribution in [0, 0.1) is 6.92 Å². The molecule has 2 aromatic carbocycles. The van der Waals surface area contributed by atoms with Crippen LogP contribution in [0.3, 0.4) is 0 Å². The van der Waals surface area contributed by atoms with Crippen molar-refractivity contribution in [3.63, 3.8) is 0 Å². The Morgan fingerprint density at radius 2 is 1.62 bits per heavy atom. The van der Waals surface area contributed by atoms with Gasteiger partial charge in [-0.3, -0.25) is 0 Å². The molecular formula is C14H12S2. The van der Waals surface area contributed by atoms with Gasteiger partial charge in [-0.1, -0.05) is 48.6 Å². The minimum absolute atomic E-state index is 0.895. The van der Waals surface area contributed by atoms with Crippen LogP contribution in [0.2, 0.25) is 0 Å². The summed E-state index contributed by atoms with van der Waals surface area (Å²) in [6.45, 7) is 2.08. The molecule has 0 aliphatic heterocycles. The van der Waals surface area contributed by atoms with E-state index >= 15 is 0 Å². The van der Waals surface area contributed by atoms with E-state index in [1.807, 2.05) is 36.4 Å². The molecule has 0 N–H and O–H groups in total. The molecule has 0 aliphatic carbocycles. The molecule has 0 aliphatic rings. The Kier molecular flexibility index (Phi) is 3.42. The van der Waals surface area contributed by atoms with Crippen LogP contribution in [0.25, 0.3) is 0 Å². The lowest BCUT2D eigenvalue weighted by molar-refractivity contribution is 1.43. The Labute approximate surface area is 107 Å². The summed E-state index contributed by atoms with van der Waals surface area (Å²) in [7, 11) is 0. The van der Waals surface area contributed by atoms with Crippen LogP contribution < -0.4 is 0 Å². The van der Waals surface area contributed by atoms with Crippen molar-refractivity contribution >= 4 is 29.7 Å². The maximum atomic E-state index is 5.49. The van der Waals surface area contributed by atoms with Crippen molar-refractivity contribution in [3.8, 4) is 0 Å². The molecule has 0 aromatic heterocycles. The zero-order chi connectivity index (χ0) is 11.5. The van der Waals surface area contributed by atoms with Crippen molar-refractivity contribution in [1.29, 1.82) is 0 Å². The summed E-state index contributed by atoms with van der Waals surface area (Å²) in [5.74, 6) is 0. The molecule has 0 heterocycles. The molecule has 80 valence electrons. The van der Waals surface area contributed by atoms with Crippen molar-refractivity contribution in [2.75, 3.05) is 0 Å². The smallest absolute Gasteiger partial charge is 0.0524 e. The highest BCUT2D eigenvalue weighted by atomic mass is 32.1. The van der Waals surface area contributed by atoms with Crippen molar-refractivity contribution in [3.05, 3.63) is 65.2 Å². The van der Waals surface area contributed by atoms with Gasteiger partial charge in [0.25, 0.3) is 0 Å². The van der Waals surface area contributed by atoms with Crippen LogP contribution >= 0.6 is 24.8 Å². The van der Waals surface area contributed by atoms with E-state index in [1.165, 1.54) is 5.56 Å². The molecule has 2 heteroatoms. The maximum absolute atomic E-state index is 5.49. The van der Waals surface area contributed by atoms with Gasteiger partial charge < -0.3 is 0 Å². The van der Waals surface area contributed by atoms with E-state index in [9.17, 15) is 0 Å². The lowest BCUT2D eigenvalue weighted by atomic mass is 10.0. The number of hydrogen-bond donors (Lipinski definition) is 1. The zero-order valence-corrected chi connectivity index (χ0v) is 10.7. The molecule has 0 amide bonds. The minimum Gasteiger partial charge on any atom is -0.143 e. The normalized spacial score (nSPS) is 10.1. The quantitative estimate of drug-likeness (QED) is 0.472. The van der Waals surface area contributed by atoms with E-state index in [0.717, 1.165) is 20.9 Å². The second kappa shape index (κ2) is 4.81. The molecule has 0 unspecified atom stereocenters. The predicted molar refractivity (Wildman–Crippen MR) is 75.7 cm³/mol. The summed E-state index contributed by atoms with van der Waals surface area (Å²) in [5.41, 5.74) is 3.41. The van der Waals surface area contributed by atoms with E-state index in [0.29, 0.717) is 0 Å². The van der Waals surface area contributed by atoms with E-state index < -0.39 is 0 Å². The van der Waals surface area contributed by atoms with Gasteiger partial charge in [0.2, 0.25) is 0 Å². The van der Waals surface area contributed by atoms with Gasteiger partial charge in [0.05, 0.1) is 4.86 Å². The van der Waals surface area contributed by atoms with E-state index in [1.54, 1.807) is 0 Å². The number of hydrogen-bond acceptors (Lipinski definition) is 2.